The molecule has 0 radical (unpaired) electrons. The van der Waals surface area contributed by atoms with Crippen LogP contribution in [0, 0.1) is 6.92 Å². The molecule has 7 heteroatoms. The van der Waals surface area contributed by atoms with Gasteiger partial charge in [0.15, 0.2) is 0 Å². The molecule has 0 saturated carbocycles. The van der Waals surface area contributed by atoms with Gasteiger partial charge in [0.05, 0.1) is 12.5 Å². The van der Waals surface area contributed by atoms with Crippen molar-refractivity contribution in [2.24, 2.45) is 0 Å². The zero-order valence-corrected chi connectivity index (χ0v) is 15.0. The van der Waals surface area contributed by atoms with Gasteiger partial charge in [-0.25, -0.2) is 4.79 Å². The van der Waals surface area contributed by atoms with Crippen LogP contribution in [-0.4, -0.2) is 66.9 Å². The van der Waals surface area contributed by atoms with Crippen molar-refractivity contribution in [3.05, 3.63) is 35.4 Å². The Bertz CT molecular complexity index is 639. The van der Waals surface area contributed by atoms with Crippen molar-refractivity contribution in [2.75, 3.05) is 33.2 Å². The summed E-state index contributed by atoms with van der Waals surface area (Å²) >= 11 is 0. The summed E-state index contributed by atoms with van der Waals surface area (Å²) in [7, 11) is 1.46. The van der Waals surface area contributed by atoms with Gasteiger partial charge in [0.1, 0.15) is 0 Å². The van der Waals surface area contributed by atoms with Gasteiger partial charge in [-0.15, -0.1) is 0 Å². The first-order valence-electron chi connectivity index (χ1n) is 8.51. The van der Waals surface area contributed by atoms with Crippen molar-refractivity contribution in [3.63, 3.8) is 0 Å². The number of hydrogen-bond donors (Lipinski definition) is 2. The largest absolute Gasteiger partial charge is 0.341 e. The molecular weight excluding hydrogens is 320 g/mol. The molecule has 1 heterocycles. The topological polar surface area (TPSA) is 81.8 Å². The van der Waals surface area contributed by atoms with Crippen LogP contribution in [0.25, 0.3) is 0 Å². The average Bonchev–Trinajstić information content (AvgIpc) is 2.62. The van der Waals surface area contributed by atoms with E-state index in [2.05, 4.69) is 10.6 Å². The van der Waals surface area contributed by atoms with Crippen molar-refractivity contribution in [1.82, 2.24) is 20.4 Å². The van der Waals surface area contributed by atoms with Crippen molar-refractivity contribution in [2.45, 2.75) is 26.3 Å². The molecule has 1 unspecified atom stereocenters. The second-order valence-electron chi connectivity index (χ2n) is 6.26. The molecule has 1 saturated heterocycles. The van der Waals surface area contributed by atoms with E-state index in [1.54, 1.807) is 6.92 Å². The predicted molar refractivity (Wildman–Crippen MR) is 95.1 cm³/mol. The van der Waals surface area contributed by atoms with Crippen LogP contribution in [-0.2, 0) is 16.0 Å². The predicted octanol–water partition coefficient (Wildman–Crippen LogP) is 0.526. The fourth-order valence-corrected chi connectivity index (χ4v) is 2.89. The van der Waals surface area contributed by atoms with E-state index in [1.807, 2.05) is 41.0 Å². The molecule has 4 amide bonds. The Morgan fingerprint density at radius 1 is 1.12 bits per heavy atom. The fraction of sp³-hybridized carbons (Fsp3) is 0.500. The summed E-state index contributed by atoms with van der Waals surface area (Å²) in [6, 6.07) is 6.98. The Kier molecular flexibility index (Phi) is 6.52. The number of amides is 4. The number of imide groups is 1. The summed E-state index contributed by atoms with van der Waals surface area (Å²) in [5, 5.41) is 4.65. The van der Waals surface area contributed by atoms with E-state index in [0.717, 1.165) is 11.1 Å². The first-order valence-corrected chi connectivity index (χ1v) is 8.51. The summed E-state index contributed by atoms with van der Waals surface area (Å²) in [6.45, 7) is 6.17. The van der Waals surface area contributed by atoms with E-state index in [4.69, 9.17) is 0 Å². The van der Waals surface area contributed by atoms with Crippen LogP contribution in [0.1, 0.15) is 18.1 Å². The highest BCUT2D eigenvalue weighted by atomic mass is 16.2. The maximum Gasteiger partial charge on any atom is 0.321 e. The molecule has 7 nitrogen and oxygen atoms in total. The van der Waals surface area contributed by atoms with Gasteiger partial charge in [0.25, 0.3) is 0 Å². The molecule has 0 aromatic heterocycles. The van der Waals surface area contributed by atoms with E-state index < -0.39 is 12.1 Å². The van der Waals surface area contributed by atoms with Crippen LogP contribution in [0.4, 0.5) is 4.79 Å². The fourth-order valence-electron chi connectivity index (χ4n) is 2.89. The van der Waals surface area contributed by atoms with Gasteiger partial charge >= 0.3 is 6.03 Å². The monoisotopic (exact) mass is 346 g/mol. The summed E-state index contributed by atoms with van der Waals surface area (Å²) in [4.78, 5) is 39.6. The highest BCUT2D eigenvalue weighted by Gasteiger charge is 2.28. The SMILES string of the molecule is CNC(=O)NC(=O)C(C)N1CCN(C(=O)Cc2ccccc2C)CC1. The molecule has 0 spiro atoms. The van der Waals surface area contributed by atoms with Gasteiger partial charge in [-0.1, -0.05) is 24.3 Å². The third-order valence-electron chi connectivity index (χ3n) is 4.66. The Hall–Kier alpha value is -2.41. The molecule has 136 valence electrons. The molecule has 2 N–H and O–H groups in total. The van der Waals surface area contributed by atoms with Crippen LogP contribution < -0.4 is 10.6 Å². The van der Waals surface area contributed by atoms with Gasteiger partial charge in [-0.2, -0.15) is 0 Å². The summed E-state index contributed by atoms with van der Waals surface area (Å²) < 4.78 is 0. The van der Waals surface area contributed by atoms with Crippen LogP contribution in [0.3, 0.4) is 0 Å². The van der Waals surface area contributed by atoms with E-state index in [0.29, 0.717) is 32.6 Å². The number of piperazine rings is 1. The molecule has 1 aliphatic heterocycles. The van der Waals surface area contributed by atoms with E-state index in [-0.39, 0.29) is 11.8 Å². The molecule has 1 atom stereocenters. The normalized spacial score (nSPS) is 16.2. The van der Waals surface area contributed by atoms with Gasteiger partial charge in [0.2, 0.25) is 11.8 Å². The molecular formula is C18H26N4O3. The third-order valence-corrected chi connectivity index (χ3v) is 4.66. The van der Waals surface area contributed by atoms with Crippen molar-refractivity contribution >= 4 is 17.8 Å². The number of aryl methyl sites for hydroxylation is 1. The molecule has 0 aliphatic carbocycles. The Morgan fingerprint density at radius 2 is 1.76 bits per heavy atom. The summed E-state index contributed by atoms with van der Waals surface area (Å²) in [6.07, 6.45) is 0.402. The standard InChI is InChI=1S/C18H26N4O3/c1-13-6-4-5-7-15(13)12-16(23)22-10-8-21(9-11-22)14(2)17(24)20-18(25)19-3/h4-7,14H,8-12H2,1-3H3,(H2,19,20,24,25). The van der Waals surface area contributed by atoms with Crippen molar-refractivity contribution in [1.29, 1.82) is 0 Å². The lowest BCUT2D eigenvalue weighted by Crippen LogP contribution is -2.56. The number of carbonyl (C=O) groups is 3. The first kappa shape index (κ1) is 18.9. The summed E-state index contributed by atoms with van der Waals surface area (Å²) in [5.41, 5.74) is 2.17. The number of benzene rings is 1. The second-order valence-corrected chi connectivity index (χ2v) is 6.26. The number of hydrogen-bond acceptors (Lipinski definition) is 4. The quantitative estimate of drug-likeness (QED) is 0.833. The molecule has 1 aromatic rings. The minimum absolute atomic E-state index is 0.108. The Balaban J connectivity index is 1.84. The highest BCUT2D eigenvalue weighted by molar-refractivity contribution is 5.96. The lowest BCUT2D eigenvalue weighted by atomic mass is 10.1. The molecule has 25 heavy (non-hydrogen) atoms. The lowest BCUT2D eigenvalue weighted by Gasteiger charge is -2.37. The van der Waals surface area contributed by atoms with Crippen LogP contribution in [0.15, 0.2) is 24.3 Å². The smallest absolute Gasteiger partial charge is 0.321 e. The number of rotatable bonds is 4. The van der Waals surface area contributed by atoms with E-state index in [1.165, 1.54) is 7.05 Å². The van der Waals surface area contributed by atoms with Gasteiger partial charge in [-0.05, 0) is 25.0 Å². The molecule has 1 aromatic carbocycles. The maximum absolute atomic E-state index is 12.5. The Morgan fingerprint density at radius 3 is 2.36 bits per heavy atom. The van der Waals surface area contributed by atoms with E-state index >= 15 is 0 Å². The van der Waals surface area contributed by atoms with Gasteiger partial charge in [0, 0.05) is 33.2 Å². The molecule has 1 aliphatic rings. The van der Waals surface area contributed by atoms with Crippen LogP contribution >= 0.6 is 0 Å². The minimum atomic E-state index is -0.510. The Labute approximate surface area is 148 Å². The number of carbonyl (C=O) groups excluding carboxylic acids is 3. The number of urea groups is 1. The van der Waals surface area contributed by atoms with Gasteiger partial charge in [-0.3, -0.25) is 19.8 Å². The van der Waals surface area contributed by atoms with Crippen molar-refractivity contribution < 1.29 is 14.4 Å². The third kappa shape index (κ3) is 5.03. The molecule has 1 fully saturated rings. The average molecular weight is 346 g/mol. The lowest BCUT2D eigenvalue weighted by molar-refractivity contribution is -0.133. The first-order chi connectivity index (χ1) is 11.9. The molecule has 0 bridgehead atoms. The second kappa shape index (κ2) is 8.62. The van der Waals surface area contributed by atoms with Gasteiger partial charge < -0.3 is 10.2 Å². The highest BCUT2D eigenvalue weighted by Crippen LogP contribution is 2.12. The molecule has 2 rings (SSSR count). The zero-order chi connectivity index (χ0) is 18.4. The maximum atomic E-state index is 12.5. The number of nitrogens with zero attached hydrogens (tertiary/aromatic N) is 2. The van der Waals surface area contributed by atoms with Crippen molar-refractivity contribution in [3.8, 4) is 0 Å². The van der Waals surface area contributed by atoms with Crippen LogP contribution in [0.2, 0.25) is 0 Å². The summed E-state index contributed by atoms with van der Waals surface area (Å²) in [5.74, 6) is -0.226. The zero-order valence-electron chi connectivity index (χ0n) is 15.0. The number of nitrogens with one attached hydrogen (secondary N) is 2. The van der Waals surface area contributed by atoms with Crippen LogP contribution in [0.5, 0.6) is 0 Å². The van der Waals surface area contributed by atoms with E-state index in [9.17, 15) is 14.4 Å². The minimum Gasteiger partial charge on any atom is -0.341 e.